The van der Waals surface area contributed by atoms with E-state index in [2.05, 4.69) is 15.1 Å². The van der Waals surface area contributed by atoms with Gasteiger partial charge >= 0.3 is 5.63 Å². The van der Waals surface area contributed by atoms with Crippen molar-refractivity contribution in [2.75, 3.05) is 0 Å². The van der Waals surface area contributed by atoms with E-state index < -0.39 is 11.5 Å². The fraction of sp³-hybridized carbons (Fsp3) is 0.0606. The molecule has 42 heavy (non-hydrogen) atoms. The number of hydrogen-bond acceptors (Lipinski definition) is 8. The summed E-state index contributed by atoms with van der Waals surface area (Å²) in [7, 11) is 0. The monoisotopic (exact) mass is 551 g/mol. The third-order valence-corrected chi connectivity index (χ3v) is 7.34. The maximum absolute atomic E-state index is 13.7. The number of fused-ring (bicyclic) bond motifs is 6. The lowest BCUT2D eigenvalue weighted by Crippen LogP contribution is -2.22. The van der Waals surface area contributed by atoms with Crippen LogP contribution in [0.3, 0.4) is 0 Å². The minimum atomic E-state index is -0.615. The van der Waals surface area contributed by atoms with Gasteiger partial charge in [0.25, 0.3) is 0 Å². The van der Waals surface area contributed by atoms with Gasteiger partial charge in [0.2, 0.25) is 5.88 Å². The van der Waals surface area contributed by atoms with Gasteiger partial charge in [-0.25, -0.2) is 19.3 Å². The summed E-state index contributed by atoms with van der Waals surface area (Å²) in [4.78, 5) is 27.3. The van der Waals surface area contributed by atoms with E-state index in [-0.39, 0.29) is 0 Å². The van der Waals surface area contributed by atoms with Gasteiger partial charge < -0.3 is 13.9 Å². The minimum absolute atomic E-state index is 0.347. The largest absolute Gasteiger partial charge is 0.489 e. The molecular weight excluding hydrogens is 530 g/mol. The molecule has 0 saturated carbocycles. The lowest BCUT2D eigenvalue weighted by Gasteiger charge is -2.27. The van der Waals surface area contributed by atoms with Crippen LogP contribution in [0.1, 0.15) is 28.2 Å². The topological polar surface area (TPSA) is 105 Å². The average molecular weight is 552 g/mol. The zero-order chi connectivity index (χ0) is 28.0. The SMILES string of the molecule is O=c1oc2ccccc2c2c1C(c1cccc(OCc3ccccc3)c1)c1c(ncn3nc(-c4ccncc4)nc13)O2. The zero-order valence-electron chi connectivity index (χ0n) is 22.0. The molecule has 1 aliphatic rings. The molecule has 1 atom stereocenters. The molecule has 5 heterocycles. The molecule has 8 rings (SSSR count). The summed E-state index contributed by atoms with van der Waals surface area (Å²) < 4.78 is 20.0. The van der Waals surface area contributed by atoms with E-state index in [0.717, 1.165) is 16.7 Å². The van der Waals surface area contributed by atoms with Gasteiger partial charge in [-0.3, -0.25) is 4.98 Å². The van der Waals surface area contributed by atoms with Crippen LogP contribution in [-0.4, -0.2) is 24.6 Å². The Labute approximate surface area is 238 Å². The molecule has 0 aliphatic carbocycles. The van der Waals surface area contributed by atoms with Crippen molar-refractivity contribution in [2.24, 2.45) is 0 Å². The number of nitrogens with zero attached hydrogens (tertiary/aromatic N) is 5. The Hall–Kier alpha value is -5.83. The van der Waals surface area contributed by atoms with Gasteiger partial charge in [-0.15, -0.1) is 5.10 Å². The fourth-order valence-electron chi connectivity index (χ4n) is 5.41. The van der Waals surface area contributed by atoms with Gasteiger partial charge in [0.1, 0.15) is 24.3 Å². The molecule has 9 heteroatoms. The van der Waals surface area contributed by atoms with Crippen molar-refractivity contribution in [2.45, 2.75) is 12.5 Å². The first-order valence-corrected chi connectivity index (χ1v) is 13.4. The Morgan fingerprint density at radius 1 is 0.881 bits per heavy atom. The number of rotatable bonds is 5. The van der Waals surface area contributed by atoms with Crippen molar-refractivity contribution in [1.82, 2.24) is 24.6 Å². The van der Waals surface area contributed by atoms with Crippen LogP contribution >= 0.6 is 0 Å². The Morgan fingerprint density at radius 3 is 2.60 bits per heavy atom. The van der Waals surface area contributed by atoms with Gasteiger partial charge in [-0.2, -0.15) is 0 Å². The summed E-state index contributed by atoms with van der Waals surface area (Å²) in [5.74, 6) is 1.31. The number of benzene rings is 3. The van der Waals surface area contributed by atoms with E-state index in [0.29, 0.717) is 57.6 Å². The van der Waals surface area contributed by atoms with E-state index in [9.17, 15) is 4.79 Å². The van der Waals surface area contributed by atoms with Crippen molar-refractivity contribution in [3.8, 4) is 28.8 Å². The van der Waals surface area contributed by atoms with Gasteiger partial charge in [0.05, 0.1) is 22.4 Å². The summed E-state index contributed by atoms with van der Waals surface area (Å²) >= 11 is 0. The van der Waals surface area contributed by atoms with E-state index >= 15 is 0 Å². The molecule has 1 aliphatic heterocycles. The first-order chi connectivity index (χ1) is 20.7. The molecule has 0 radical (unpaired) electrons. The standard InChI is InChI=1S/C33H21N5O4/c39-33-27-26(22-9-6-10-23(17-22)40-18-20-7-2-1-3-8-20)28-31-36-30(21-13-15-34-16-14-21)37-38(31)19-35-32(28)42-29(27)24-11-4-5-12-25(24)41-33/h1-17,19,26H,18H2. The van der Waals surface area contributed by atoms with Crippen molar-refractivity contribution in [3.63, 3.8) is 0 Å². The maximum atomic E-state index is 13.7. The lowest BCUT2D eigenvalue weighted by atomic mass is 9.84. The first-order valence-electron chi connectivity index (χ1n) is 13.4. The number of pyridine rings is 1. The highest BCUT2D eigenvalue weighted by Crippen LogP contribution is 2.49. The average Bonchev–Trinajstić information content (AvgIpc) is 3.49. The molecular formula is C33H21N5O4. The summed E-state index contributed by atoms with van der Waals surface area (Å²) in [5, 5.41) is 5.34. The predicted molar refractivity (Wildman–Crippen MR) is 155 cm³/mol. The number of ether oxygens (including phenoxy) is 2. The highest BCUT2D eigenvalue weighted by atomic mass is 16.5. The predicted octanol–water partition coefficient (Wildman–Crippen LogP) is 6.16. The highest BCUT2D eigenvalue weighted by molar-refractivity contribution is 5.87. The molecule has 9 nitrogen and oxygen atoms in total. The van der Waals surface area contributed by atoms with Crippen LogP contribution in [0.15, 0.2) is 119 Å². The van der Waals surface area contributed by atoms with Gasteiger partial charge in [0.15, 0.2) is 17.2 Å². The molecule has 0 fully saturated rings. The molecule has 0 amide bonds. The summed E-state index contributed by atoms with van der Waals surface area (Å²) in [6.45, 7) is 0.406. The highest BCUT2D eigenvalue weighted by Gasteiger charge is 2.37. The van der Waals surface area contributed by atoms with E-state index in [1.807, 2.05) is 84.9 Å². The quantitative estimate of drug-likeness (QED) is 0.234. The third kappa shape index (κ3) is 3.98. The first kappa shape index (κ1) is 24.0. The summed E-state index contributed by atoms with van der Waals surface area (Å²) in [6, 6.07) is 28.6. The fourth-order valence-corrected chi connectivity index (χ4v) is 5.41. The molecule has 7 aromatic rings. The molecule has 0 N–H and O–H groups in total. The smallest absolute Gasteiger partial charge is 0.344 e. The van der Waals surface area contributed by atoms with Crippen LogP contribution in [-0.2, 0) is 6.61 Å². The van der Waals surface area contributed by atoms with E-state index in [4.69, 9.17) is 18.9 Å². The van der Waals surface area contributed by atoms with Crippen LogP contribution in [0.5, 0.6) is 17.4 Å². The Morgan fingerprint density at radius 2 is 1.71 bits per heavy atom. The third-order valence-electron chi connectivity index (χ3n) is 7.34. The molecule has 0 spiro atoms. The lowest BCUT2D eigenvalue weighted by molar-refractivity contribution is 0.306. The molecule has 0 saturated heterocycles. The molecule has 1 unspecified atom stereocenters. The van der Waals surface area contributed by atoms with Crippen LogP contribution in [0.25, 0.3) is 28.0 Å². The Kier molecular flexibility index (Phi) is 5.53. The van der Waals surface area contributed by atoms with Crippen LogP contribution < -0.4 is 15.1 Å². The number of para-hydroxylation sites is 1. The molecule has 3 aromatic carbocycles. The number of hydrogen-bond donors (Lipinski definition) is 0. The Balaban J connectivity index is 1.33. The summed E-state index contributed by atoms with van der Waals surface area (Å²) in [5.41, 5.74) is 4.10. The second-order valence-electron chi connectivity index (χ2n) is 9.91. The second-order valence-corrected chi connectivity index (χ2v) is 9.91. The second kappa shape index (κ2) is 9.67. The normalized spacial score (nSPS) is 13.9. The van der Waals surface area contributed by atoms with Crippen LogP contribution in [0, 0.1) is 0 Å². The van der Waals surface area contributed by atoms with Gasteiger partial charge in [-0.1, -0.05) is 54.6 Å². The molecule has 0 bridgehead atoms. The summed E-state index contributed by atoms with van der Waals surface area (Å²) in [6.07, 6.45) is 4.95. The van der Waals surface area contributed by atoms with Crippen molar-refractivity contribution in [1.29, 1.82) is 0 Å². The maximum Gasteiger partial charge on any atom is 0.344 e. The van der Waals surface area contributed by atoms with Crippen molar-refractivity contribution < 1.29 is 13.9 Å². The van der Waals surface area contributed by atoms with Gasteiger partial charge in [-0.05, 0) is 47.5 Å². The van der Waals surface area contributed by atoms with E-state index in [1.54, 1.807) is 29.3 Å². The van der Waals surface area contributed by atoms with Crippen LogP contribution in [0.2, 0.25) is 0 Å². The van der Waals surface area contributed by atoms with Crippen molar-refractivity contribution in [3.05, 3.63) is 142 Å². The van der Waals surface area contributed by atoms with Gasteiger partial charge in [0, 0.05) is 18.0 Å². The van der Waals surface area contributed by atoms with Crippen molar-refractivity contribution >= 4 is 16.6 Å². The zero-order valence-corrected chi connectivity index (χ0v) is 22.0. The molecule has 202 valence electrons. The minimum Gasteiger partial charge on any atom is -0.489 e. The number of aromatic nitrogens is 5. The van der Waals surface area contributed by atoms with E-state index in [1.165, 1.54) is 0 Å². The van der Waals surface area contributed by atoms with Crippen LogP contribution in [0.4, 0.5) is 0 Å². The Bertz CT molecular complexity index is 2160. The molecule has 4 aromatic heterocycles.